The first-order valence-corrected chi connectivity index (χ1v) is 6.98. The zero-order valence-corrected chi connectivity index (χ0v) is 12.7. The summed E-state index contributed by atoms with van der Waals surface area (Å²) in [4.78, 5) is 20.9. The number of hydrogen-bond acceptors (Lipinski definition) is 4. The fourth-order valence-corrected chi connectivity index (χ4v) is 2.70. The first-order valence-electron chi connectivity index (χ1n) is 6.98. The van der Waals surface area contributed by atoms with Gasteiger partial charge in [-0.15, -0.1) is 12.4 Å². The van der Waals surface area contributed by atoms with E-state index in [9.17, 15) is 4.79 Å². The molecule has 2 aromatic rings. The summed E-state index contributed by atoms with van der Waals surface area (Å²) in [5.41, 5.74) is 2.01. The van der Waals surface area contributed by atoms with Crippen molar-refractivity contribution in [1.82, 2.24) is 20.6 Å². The maximum absolute atomic E-state index is 12.4. The van der Waals surface area contributed by atoms with E-state index in [1.54, 1.807) is 18.5 Å². The van der Waals surface area contributed by atoms with E-state index in [1.807, 2.05) is 12.1 Å². The molecule has 3 rings (SSSR count). The summed E-state index contributed by atoms with van der Waals surface area (Å²) < 4.78 is 0. The second-order valence-electron chi connectivity index (χ2n) is 5.28. The molecule has 1 aromatic carbocycles. The molecule has 6 heteroatoms. The van der Waals surface area contributed by atoms with Gasteiger partial charge < -0.3 is 10.6 Å². The zero-order chi connectivity index (χ0) is 13.9. The molecule has 2 heterocycles. The third kappa shape index (κ3) is 3.49. The number of nitrogens with one attached hydrogen (secondary N) is 2. The van der Waals surface area contributed by atoms with Crippen LogP contribution in [0.3, 0.4) is 0 Å². The van der Waals surface area contributed by atoms with E-state index in [-0.39, 0.29) is 24.4 Å². The van der Waals surface area contributed by atoms with Crippen molar-refractivity contribution in [3.63, 3.8) is 0 Å². The van der Waals surface area contributed by atoms with Crippen molar-refractivity contribution in [2.75, 3.05) is 6.54 Å². The second-order valence-corrected chi connectivity index (χ2v) is 5.28. The summed E-state index contributed by atoms with van der Waals surface area (Å²) in [6.45, 7) is 3.09. The number of rotatable bonds is 2. The number of amides is 1. The van der Waals surface area contributed by atoms with Crippen molar-refractivity contribution >= 4 is 29.3 Å². The molecule has 2 atom stereocenters. The average molecular weight is 307 g/mol. The number of nitrogens with zero attached hydrogens (tertiary/aromatic N) is 2. The number of hydrogen-bond donors (Lipinski definition) is 2. The van der Waals surface area contributed by atoms with Gasteiger partial charge in [0, 0.05) is 24.5 Å². The van der Waals surface area contributed by atoms with Crippen LogP contribution in [0.1, 0.15) is 30.1 Å². The second kappa shape index (κ2) is 6.83. The van der Waals surface area contributed by atoms with E-state index in [0.29, 0.717) is 17.1 Å². The first-order chi connectivity index (χ1) is 9.74. The minimum absolute atomic E-state index is 0. The molecule has 1 aromatic heterocycles. The minimum atomic E-state index is -0.0600. The van der Waals surface area contributed by atoms with Gasteiger partial charge in [0.1, 0.15) is 5.52 Å². The molecule has 2 N–H and O–H groups in total. The number of halogens is 1. The Labute approximate surface area is 130 Å². The normalized spacial score (nSPS) is 21.6. The lowest BCUT2D eigenvalue weighted by atomic mass is 10.00. The molecule has 1 fully saturated rings. The highest BCUT2D eigenvalue weighted by Crippen LogP contribution is 2.15. The van der Waals surface area contributed by atoms with Crippen molar-refractivity contribution in [3.8, 4) is 0 Å². The molecule has 0 spiro atoms. The molecular weight excluding hydrogens is 288 g/mol. The fraction of sp³-hybridized carbons (Fsp3) is 0.400. The number of para-hydroxylation sites is 1. The van der Waals surface area contributed by atoms with Gasteiger partial charge in [-0.1, -0.05) is 6.07 Å². The maximum Gasteiger partial charge on any atom is 0.253 e. The van der Waals surface area contributed by atoms with E-state index >= 15 is 0 Å². The van der Waals surface area contributed by atoms with Gasteiger partial charge in [0.05, 0.1) is 11.1 Å². The molecule has 0 radical (unpaired) electrons. The number of benzene rings is 1. The van der Waals surface area contributed by atoms with Crippen LogP contribution in [0.5, 0.6) is 0 Å². The summed E-state index contributed by atoms with van der Waals surface area (Å²) in [5, 5.41) is 6.49. The Kier molecular flexibility index (Phi) is 5.09. The highest BCUT2D eigenvalue weighted by atomic mass is 35.5. The van der Waals surface area contributed by atoms with Gasteiger partial charge in [-0.05, 0) is 38.4 Å². The van der Waals surface area contributed by atoms with Crippen LogP contribution in [-0.4, -0.2) is 34.5 Å². The Balaban J connectivity index is 0.00000161. The van der Waals surface area contributed by atoms with Crippen LogP contribution in [0.25, 0.3) is 11.0 Å². The monoisotopic (exact) mass is 306 g/mol. The molecule has 0 saturated carbocycles. The van der Waals surface area contributed by atoms with Crippen molar-refractivity contribution in [2.24, 2.45) is 0 Å². The highest BCUT2D eigenvalue weighted by molar-refractivity contribution is 6.04. The van der Waals surface area contributed by atoms with Gasteiger partial charge >= 0.3 is 0 Å². The molecule has 1 saturated heterocycles. The SMILES string of the molecule is CC1CC(NC(=O)c2cccc3nccnc23)CCN1.Cl. The summed E-state index contributed by atoms with van der Waals surface area (Å²) in [7, 11) is 0. The number of piperidine rings is 1. The van der Waals surface area contributed by atoms with Crippen molar-refractivity contribution in [1.29, 1.82) is 0 Å². The van der Waals surface area contributed by atoms with Crippen LogP contribution in [0.2, 0.25) is 0 Å². The smallest absolute Gasteiger partial charge is 0.253 e. The standard InChI is InChI=1S/C15H18N4O.ClH/c1-10-9-11(5-6-16-10)19-15(20)12-3-2-4-13-14(12)18-8-7-17-13;/h2-4,7-8,10-11,16H,5-6,9H2,1H3,(H,19,20);1H. The van der Waals surface area contributed by atoms with Crippen LogP contribution in [-0.2, 0) is 0 Å². The molecule has 2 unspecified atom stereocenters. The number of fused-ring (bicyclic) bond motifs is 1. The molecule has 1 amide bonds. The van der Waals surface area contributed by atoms with Gasteiger partial charge in [0.25, 0.3) is 5.91 Å². The molecule has 21 heavy (non-hydrogen) atoms. The molecule has 112 valence electrons. The van der Waals surface area contributed by atoms with Crippen molar-refractivity contribution < 1.29 is 4.79 Å². The lowest BCUT2D eigenvalue weighted by Gasteiger charge is -2.28. The average Bonchev–Trinajstić information content (AvgIpc) is 2.46. The van der Waals surface area contributed by atoms with Crippen LogP contribution < -0.4 is 10.6 Å². The molecule has 0 aliphatic carbocycles. The predicted octanol–water partition coefficient (Wildman–Crippen LogP) is 1.92. The Hall–Kier alpha value is -1.72. The lowest BCUT2D eigenvalue weighted by Crippen LogP contribution is -2.46. The molecule has 1 aliphatic heterocycles. The van der Waals surface area contributed by atoms with Crippen LogP contribution in [0, 0.1) is 0 Å². The highest BCUT2D eigenvalue weighted by Gasteiger charge is 2.21. The molecular formula is C15H19ClN4O. The van der Waals surface area contributed by atoms with E-state index in [2.05, 4.69) is 27.5 Å². The van der Waals surface area contributed by atoms with E-state index < -0.39 is 0 Å². The molecule has 0 bridgehead atoms. The maximum atomic E-state index is 12.4. The van der Waals surface area contributed by atoms with Crippen LogP contribution in [0.4, 0.5) is 0 Å². The number of carbonyl (C=O) groups excluding carboxylic acids is 1. The van der Waals surface area contributed by atoms with Gasteiger partial charge in [-0.25, -0.2) is 0 Å². The van der Waals surface area contributed by atoms with E-state index in [4.69, 9.17) is 0 Å². The minimum Gasteiger partial charge on any atom is -0.349 e. The molecule has 1 aliphatic rings. The van der Waals surface area contributed by atoms with Gasteiger partial charge in [0.15, 0.2) is 0 Å². The van der Waals surface area contributed by atoms with Crippen molar-refractivity contribution in [3.05, 3.63) is 36.2 Å². The largest absolute Gasteiger partial charge is 0.349 e. The predicted molar refractivity (Wildman–Crippen MR) is 84.7 cm³/mol. The third-order valence-electron chi connectivity index (χ3n) is 3.70. The Bertz CT molecular complexity index is 629. The summed E-state index contributed by atoms with van der Waals surface area (Å²) in [6.07, 6.45) is 5.18. The number of carbonyl (C=O) groups is 1. The Morgan fingerprint density at radius 1 is 1.33 bits per heavy atom. The Morgan fingerprint density at radius 2 is 2.14 bits per heavy atom. The van der Waals surface area contributed by atoms with Gasteiger partial charge in [0.2, 0.25) is 0 Å². The summed E-state index contributed by atoms with van der Waals surface area (Å²) in [6, 6.07) is 6.19. The quantitative estimate of drug-likeness (QED) is 0.889. The van der Waals surface area contributed by atoms with E-state index in [1.165, 1.54) is 0 Å². The third-order valence-corrected chi connectivity index (χ3v) is 3.70. The topological polar surface area (TPSA) is 66.9 Å². The van der Waals surface area contributed by atoms with Crippen LogP contribution in [0.15, 0.2) is 30.6 Å². The van der Waals surface area contributed by atoms with E-state index in [0.717, 1.165) is 24.9 Å². The molecule has 5 nitrogen and oxygen atoms in total. The number of aromatic nitrogens is 2. The van der Waals surface area contributed by atoms with Gasteiger partial charge in [-0.3, -0.25) is 14.8 Å². The lowest BCUT2D eigenvalue weighted by molar-refractivity contribution is 0.0927. The summed E-state index contributed by atoms with van der Waals surface area (Å²) in [5.74, 6) is -0.0600. The fourth-order valence-electron chi connectivity index (χ4n) is 2.70. The van der Waals surface area contributed by atoms with Crippen LogP contribution >= 0.6 is 12.4 Å². The van der Waals surface area contributed by atoms with Gasteiger partial charge in [-0.2, -0.15) is 0 Å². The van der Waals surface area contributed by atoms with Crippen molar-refractivity contribution in [2.45, 2.75) is 31.8 Å². The Morgan fingerprint density at radius 3 is 2.95 bits per heavy atom. The summed E-state index contributed by atoms with van der Waals surface area (Å²) >= 11 is 0. The first kappa shape index (κ1) is 15.7. The zero-order valence-electron chi connectivity index (χ0n) is 11.9.